The van der Waals surface area contributed by atoms with Crippen molar-refractivity contribution in [3.8, 4) is 0 Å². The third kappa shape index (κ3) is 3.36. The number of hydrazone groups is 1. The molecule has 1 aliphatic heterocycles. The van der Waals surface area contributed by atoms with Gasteiger partial charge in [-0.1, -0.05) is 0 Å². The molecule has 4 nitrogen and oxygen atoms in total. The second-order valence-corrected chi connectivity index (χ2v) is 4.58. The molecule has 0 spiro atoms. The van der Waals surface area contributed by atoms with Crippen LogP contribution in [0, 0.1) is 0 Å². The molecule has 64 valence electrons. The van der Waals surface area contributed by atoms with Crippen LogP contribution in [-0.4, -0.2) is 38.3 Å². The van der Waals surface area contributed by atoms with Crippen LogP contribution < -0.4 is 0 Å². The van der Waals surface area contributed by atoms with Crippen molar-refractivity contribution in [1.29, 1.82) is 0 Å². The van der Waals surface area contributed by atoms with Crippen LogP contribution in [0.1, 0.15) is 12.8 Å². The smallest absolute Gasteiger partial charge is 0.187 e. The van der Waals surface area contributed by atoms with Crippen molar-refractivity contribution >= 4 is 15.4 Å². The monoisotopic (exact) mass is 176 g/mol. The normalized spacial score (nSPS) is 19.9. The predicted octanol–water partition coefficient (Wildman–Crippen LogP) is 0.0701. The number of nitrogens with zero attached hydrogens (tertiary/aromatic N) is 2. The third-order valence-corrected chi connectivity index (χ3v) is 1.96. The van der Waals surface area contributed by atoms with Gasteiger partial charge in [0.25, 0.3) is 0 Å². The quantitative estimate of drug-likeness (QED) is 0.442. The van der Waals surface area contributed by atoms with Gasteiger partial charge < -0.3 is 0 Å². The van der Waals surface area contributed by atoms with E-state index in [4.69, 9.17) is 0 Å². The fourth-order valence-electron chi connectivity index (χ4n) is 0.968. The van der Waals surface area contributed by atoms with Crippen molar-refractivity contribution in [2.45, 2.75) is 12.8 Å². The first kappa shape index (κ1) is 8.52. The summed E-state index contributed by atoms with van der Waals surface area (Å²) in [6, 6.07) is 0. The van der Waals surface area contributed by atoms with Crippen LogP contribution in [-0.2, 0) is 9.84 Å². The number of sulfone groups is 1. The second kappa shape index (κ2) is 3.21. The molecule has 1 saturated heterocycles. The first-order chi connectivity index (χ1) is 5.08. The average Bonchev–Trinajstić information content (AvgIpc) is 2.32. The van der Waals surface area contributed by atoms with Crippen molar-refractivity contribution in [2.75, 3.05) is 19.3 Å². The number of hydrogen-bond acceptors (Lipinski definition) is 4. The summed E-state index contributed by atoms with van der Waals surface area (Å²) >= 11 is 0. The molecule has 11 heavy (non-hydrogen) atoms. The summed E-state index contributed by atoms with van der Waals surface area (Å²) in [6.45, 7) is 1.76. The van der Waals surface area contributed by atoms with Gasteiger partial charge in [0, 0.05) is 19.3 Å². The fourth-order valence-corrected chi connectivity index (χ4v) is 1.27. The standard InChI is InChI=1S/C6H12N2O2S/c1-11(9,10)6-7-8-4-2-3-5-8/h6H,2-5H2,1H3. The Morgan fingerprint density at radius 1 is 1.36 bits per heavy atom. The molecule has 1 heterocycles. The van der Waals surface area contributed by atoms with Gasteiger partial charge in [-0.2, -0.15) is 5.10 Å². The van der Waals surface area contributed by atoms with E-state index in [9.17, 15) is 8.42 Å². The first-order valence-electron chi connectivity index (χ1n) is 3.57. The molecule has 0 unspecified atom stereocenters. The zero-order chi connectivity index (χ0) is 8.32. The van der Waals surface area contributed by atoms with Crippen molar-refractivity contribution in [3.63, 3.8) is 0 Å². The lowest BCUT2D eigenvalue weighted by Crippen LogP contribution is -2.13. The van der Waals surface area contributed by atoms with Gasteiger partial charge in [0.2, 0.25) is 0 Å². The minimum Gasteiger partial charge on any atom is -0.296 e. The largest absolute Gasteiger partial charge is 0.296 e. The first-order valence-corrected chi connectivity index (χ1v) is 5.52. The molecule has 0 amide bonds. The molecule has 0 aromatic rings. The summed E-state index contributed by atoms with van der Waals surface area (Å²) < 4.78 is 21.2. The van der Waals surface area contributed by atoms with Gasteiger partial charge in [-0.15, -0.1) is 0 Å². The maximum absolute atomic E-state index is 10.6. The zero-order valence-electron chi connectivity index (χ0n) is 6.52. The summed E-state index contributed by atoms with van der Waals surface area (Å²) in [6.07, 6.45) is 3.37. The summed E-state index contributed by atoms with van der Waals surface area (Å²) in [5.41, 5.74) is 1.01. The topological polar surface area (TPSA) is 49.7 Å². The Bertz CT molecular complexity index is 239. The maximum atomic E-state index is 10.6. The van der Waals surface area contributed by atoms with Crippen molar-refractivity contribution in [3.05, 3.63) is 0 Å². The van der Waals surface area contributed by atoms with Gasteiger partial charge in [-0.05, 0) is 12.8 Å². The van der Waals surface area contributed by atoms with E-state index in [0.717, 1.165) is 37.7 Å². The lowest BCUT2D eigenvalue weighted by molar-refractivity contribution is 0.363. The van der Waals surface area contributed by atoms with Crippen molar-refractivity contribution in [1.82, 2.24) is 5.01 Å². The summed E-state index contributed by atoms with van der Waals surface area (Å²) in [5.74, 6) is 0. The second-order valence-electron chi connectivity index (χ2n) is 2.71. The molecule has 0 aliphatic carbocycles. The van der Waals surface area contributed by atoms with Crippen LogP contribution >= 0.6 is 0 Å². The number of rotatable bonds is 2. The van der Waals surface area contributed by atoms with Crippen LogP contribution in [0.4, 0.5) is 0 Å². The van der Waals surface area contributed by atoms with Crippen LogP contribution in [0.15, 0.2) is 5.10 Å². The van der Waals surface area contributed by atoms with Gasteiger partial charge in [-0.25, -0.2) is 8.42 Å². The molecule has 1 fully saturated rings. The lowest BCUT2D eigenvalue weighted by atomic mass is 10.4. The average molecular weight is 176 g/mol. The predicted molar refractivity (Wildman–Crippen MR) is 44.1 cm³/mol. The van der Waals surface area contributed by atoms with Gasteiger partial charge in [-0.3, -0.25) is 5.01 Å². The molecule has 0 N–H and O–H groups in total. The van der Waals surface area contributed by atoms with E-state index in [1.807, 2.05) is 0 Å². The van der Waals surface area contributed by atoms with E-state index in [1.165, 1.54) is 0 Å². The highest BCUT2D eigenvalue weighted by molar-refractivity contribution is 8.03. The summed E-state index contributed by atoms with van der Waals surface area (Å²) in [5, 5.41) is 5.59. The highest BCUT2D eigenvalue weighted by Gasteiger charge is 2.08. The molecule has 0 saturated carbocycles. The van der Waals surface area contributed by atoms with E-state index in [1.54, 1.807) is 5.01 Å². The molecule has 1 rings (SSSR count). The van der Waals surface area contributed by atoms with Gasteiger partial charge in [0.1, 0.15) is 5.55 Å². The molecular formula is C6H12N2O2S. The molecular weight excluding hydrogens is 164 g/mol. The maximum Gasteiger partial charge on any atom is 0.187 e. The Balaban J connectivity index is 2.47. The van der Waals surface area contributed by atoms with E-state index in [-0.39, 0.29) is 0 Å². The van der Waals surface area contributed by atoms with Crippen LogP contribution in [0.3, 0.4) is 0 Å². The Kier molecular flexibility index (Phi) is 2.49. The third-order valence-electron chi connectivity index (χ3n) is 1.48. The Labute approximate surface area is 66.8 Å². The molecule has 0 radical (unpaired) electrons. The fraction of sp³-hybridized carbons (Fsp3) is 0.833. The molecule has 0 aromatic carbocycles. The molecule has 0 atom stereocenters. The van der Waals surface area contributed by atoms with Crippen LogP contribution in [0.2, 0.25) is 0 Å². The van der Waals surface area contributed by atoms with Gasteiger partial charge >= 0.3 is 0 Å². The van der Waals surface area contributed by atoms with Crippen LogP contribution in [0.5, 0.6) is 0 Å². The molecule has 5 heteroatoms. The summed E-state index contributed by atoms with van der Waals surface area (Å²) in [4.78, 5) is 0. The zero-order valence-corrected chi connectivity index (χ0v) is 7.34. The van der Waals surface area contributed by atoms with Crippen LogP contribution in [0.25, 0.3) is 0 Å². The van der Waals surface area contributed by atoms with Crippen molar-refractivity contribution in [2.24, 2.45) is 5.10 Å². The molecule has 0 aromatic heterocycles. The highest BCUT2D eigenvalue weighted by Crippen LogP contribution is 2.06. The molecule has 1 aliphatic rings. The lowest BCUT2D eigenvalue weighted by Gasteiger charge is -2.07. The van der Waals surface area contributed by atoms with Crippen molar-refractivity contribution < 1.29 is 8.42 Å². The van der Waals surface area contributed by atoms with E-state index in [2.05, 4.69) is 5.10 Å². The minimum absolute atomic E-state index is 0.881. The van der Waals surface area contributed by atoms with Gasteiger partial charge in [0.15, 0.2) is 9.84 Å². The van der Waals surface area contributed by atoms with E-state index < -0.39 is 9.84 Å². The van der Waals surface area contributed by atoms with E-state index in [0.29, 0.717) is 0 Å². The Hall–Kier alpha value is -0.580. The Morgan fingerprint density at radius 2 is 1.91 bits per heavy atom. The van der Waals surface area contributed by atoms with E-state index >= 15 is 0 Å². The molecule has 0 bridgehead atoms. The number of hydrogen-bond donors (Lipinski definition) is 0. The summed E-state index contributed by atoms with van der Waals surface area (Å²) in [7, 11) is -3.04. The SMILES string of the molecule is CS(=O)(=O)C=NN1CCCC1. The Morgan fingerprint density at radius 3 is 2.36 bits per heavy atom. The minimum atomic E-state index is -3.04. The highest BCUT2D eigenvalue weighted by atomic mass is 32.2. The van der Waals surface area contributed by atoms with Gasteiger partial charge in [0.05, 0.1) is 0 Å².